The first-order valence-electron chi connectivity index (χ1n) is 5.87. The van der Waals surface area contributed by atoms with Gasteiger partial charge in [-0.1, -0.05) is 0 Å². The molecule has 0 aliphatic carbocycles. The number of hydrogen-bond donors (Lipinski definition) is 1. The van der Waals surface area contributed by atoms with Gasteiger partial charge in [-0.3, -0.25) is 4.79 Å². The molecule has 5 heteroatoms. The Morgan fingerprint density at radius 1 is 1.33 bits per heavy atom. The van der Waals surface area contributed by atoms with E-state index in [9.17, 15) is 4.79 Å². The molecule has 1 unspecified atom stereocenters. The highest BCUT2D eigenvalue weighted by atomic mass is 16.5. The maximum absolute atomic E-state index is 12.2. The Kier molecular flexibility index (Phi) is 3.72. The molecule has 18 heavy (non-hydrogen) atoms. The third kappa shape index (κ3) is 2.26. The van der Waals surface area contributed by atoms with E-state index in [1.807, 2.05) is 25.2 Å². The Bertz CT molecular complexity index is 448. The number of ether oxygens (including phenoxy) is 2. The summed E-state index contributed by atoms with van der Waals surface area (Å²) in [6.45, 7) is 1.49. The fourth-order valence-corrected chi connectivity index (χ4v) is 2.10. The first-order chi connectivity index (χ1) is 8.67. The van der Waals surface area contributed by atoms with Crippen molar-refractivity contribution in [3.8, 4) is 11.5 Å². The van der Waals surface area contributed by atoms with Crippen LogP contribution in [-0.4, -0.2) is 45.2 Å². The molecule has 1 aliphatic heterocycles. The van der Waals surface area contributed by atoms with Crippen molar-refractivity contribution in [3.05, 3.63) is 23.8 Å². The standard InChI is InChI=1S/C13H18N2O3/c1-15-7-6-14-12(13(15)16)10-8-9(17-2)4-5-11(10)18-3/h4-5,8,12,14H,6-7H2,1-3H3. The number of piperazine rings is 1. The van der Waals surface area contributed by atoms with Crippen molar-refractivity contribution in [2.75, 3.05) is 34.4 Å². The summed E-state index contributed by atoms with van der Waals surface area (Å²) in [7, 11) is 5.01. The molecule has 1 N–H and O–H groups in total. The molecule has 2 rings (SSSR count). The second-order valence-corrected chi connectivity index (χ2v) is 4.25. The number of benzene rings is 1. The van der Waals surface area contributed by atoms with Crippen LogP contribution in [0.2, 0.25) is 0 Å². The summed E-state index contributed by atoms with van der Waals surface area (Å²) in [4.78, 5) is 13.9. The normalized spacial score (nSPS) is 19.8. The van der Waals surface area contributed by atoms with E-state index < -0.39 is 0 Å². The first kappa shape index (κ1) is 12.7. The average Bonchev–Trinajstić information content (AvgIpc) is 2.41. The van der Waals surface area contributed by atoms with Crippen molar-refractivity contribution in [1.82, 2.24) is 10.2 Å². The number of rotatable bonds is 3. The minimum atomic E-state index is -0.367. The van der Waals surface area contributed by atoms with Crippen LogP contribution < -0.4 is 14.8 Å². The van der Waals surface area contributed by atoms with Gasteiger partial charge in [0, 0.05) is 25.7 Å². The van der Waals surface area contributed by atoms with E-state index in [4.69, 9.17) is 9.47 Å². The maximum atomic E-state index is 12.2. The number of hydrogen-bond acceptors (Lipinski definition) is 4. The monoisotopic (exact) mass is 250 g/mol. The zero-order valence-electron chi connectivity index (χ0n) is 10.9. The summed E-state index contributed by atoms with van der Waals surface area (Å²) >= 11 is 0. The van der Waals surface area contributed by atoms with Crippen LogP contribution in [0.1, 0.15) is 11.6 Å². The molecule has 98 valence electrons. The second kappa shape index (κ2) is 5.27. The molecule has 0 bridgehead atoms. The van der Waals surface area contributed by atoms with E-state index in [1.54, 1.807) is 19.1 Å². The first-order valence-corrected chi connectivity index (χ1v) is 5.87. The summed E-state index contributed by atoms with van der Waals surface area (Å²) in [5.41, 5.74) is 0.813. The van der Waals surface area contributed by atoms with Crippen molar-refractivity contribution < 1.29 is 14.3 Å². The van der Waals surface area contributed by atoms with Crippen LogP contribution in [0, 0.1) is 0 Å². The molecule has 1 aliphatic rings. The van der Waals surface area contributed by atoms with Crippen LogP contribution >= 0.6 is 0 Å². The van der Waals surface area contributed by atoms with Crippen LogP contribution in [0.15, 0.2) is 18.2 Å². The Morgan fingerprint density at radius 2 is 2.11 bits per heavy atom. The molecule has 0 saturated carbocycles. The van der Waals surface area contributed by atoms with Gasteiger partial charge in [0.1, 0.15) is 17.5 Å². The van der Waals surface area contributed by atoms with Crippen LogP contribution in [0.3, 0.4) is 0 Å². The number of carbonyl (C=O) groups excluding carboxylic acids is 1. The summed E-state index contributed by atoms with van der Waals surface area (Å²) in [6.07, 6.45) is 0. The zero-order valence-corrected chi connectivity index (χ0v) is 10.9. The Morgan fingerprint density at radius 3 is 2.78 bits per heavy atom. The van der Waals surface area contributed by atoms with Crippen molar-refractivity contribution in [2.24, 2.45) is 0 Å². The van der Waals surface area contributed by atoms with Gasteiger partial charge in [0.05, 0.1) is 14.2 Å². The summed E-state index contributed by atoms with van der Waals surface area (Å²) in [5, 5.41) is 3.21. The third-order valence-corrected chi connectivity index (χ3v) is 3.17. The lowest BCUT2D eigenvalue weighted by atomic mass is 10.0. The molecule has 1 amide bonds. The molecule has 5 nitrogen and oxygen atoms in total. The van der Waals surface area contributed by atoms with Gasteiger partial charge in [-0.15, -0.1) is 0 Å². The van der Waals surface area contributed by atoms with Crippen LogP contribution in [0.4, 0.5) is 0 Å². The van der Waals surface area contributed by atoms with Gasteiger partial charge in [0.15, 0.2) is 0 Å². The Balaban J connectivity index is 2.38. The van der Waals surface area contributed by atoms with E-state index in [0.29, 0.717) is 11.5 Å². The number of likely N-dealkylation sites (N-methyl/N-ethyl adjacent to an activating group) is 1. The fraction of sp³-hybridized carbons (Fsp3) is 0.462. The van der Waals surface area contributed by atoms with Gasteiger partial charge >= 0.3 is 0 Å². The largest absolute Gasteiger partial charge is 0.497 e. The molecule has 1 atom stereocenters. The second-order valence-electron chi connectivity index (χ2n) is 4.25. The smallest absolute Gasteiger partial charge is 0.244 e. The number of nitrogens with one attached hydrogen (secondary N) is 1. The van der Waals surface area contributed by atoms with E-state index in [-0.39, 0.29) is 11.9 Å². The predicted molar refractivity (Wildman–Crippen MR) is 67.9 cm³/mol. The van der Waals surface area contributed by atoms with Crippen LogP contribution in [0.5, 0.6) is 11.5 Å². The Labute approximate surface area is 107 Å². The van der Waals surface area contributed by atoms with Crippen molar-refractivity contribution in [1.29, 1.82) is 0 Å². The van der Waals surface area contributed by atoms with E-state index in [0.717, 1.165) is 18.7 Å². The van der Waals surface area contributed by atoms with Crippen LogP contribution in [-0.2, 0) is 4.79 Å². The average molecular weight is 250 g/mol. The molecule has 1 heterocycles. The van der Waals surface area contributed by atoms with E-state index >= 15 is 0 Å². The van der Waals surface area contributed by atoms with Gasteiger partial charge in [-0.05, 0) is 18.2 Å². The van der Waals surface area contributed by atoms with Crippen molar-refractivity contribution >= 4 is 5.91 Å². The minimum absolute atomic E-state index is 0.0489. The molecule has 0 spiro atoms. The highest BCUT2D eigenvalue weighted by molar-refractivity contribution is 5.84. The molecule has 1 aromatic rings. The van der Waals surface area contributed by atoms with Crippen LogP contribution in [0.25, 0.3) is 0 Å². The topological polar surface area (TPSA) is 50.8 Å². The number of nitrogens with zero attached hydrogens (tertiary/aromatic N) is 1. The van der Waals surface area contributed by atoms with E-state index in [1.165, 1.54) is 0 Å². The van der Waals surface area contributed by atoms with E-state index in [2.05, 4.69) is 5.32 Å². The van der Waals surface area contributed by atoms with Gasteiger partial charge < -0.3 is 19.7 Å². The minimum Gasteiger partial charge on any atom is -0.497 e. The lowest BCUT2D eigenvalue weighted by Gasteiger charge is -2.31. The van der Waals surface area contributed by atoms with Gasteiger partial charge in [-0.25, -0.2) is 0 Å². The summed E-state index contributed by atoms with van der Waals surface area (Å²) in [5.74, 6) is 1.46. The summed E-state index contributed by atoms with van der Waals surface area (Å²) in [6, 6.07) is 5.11. The molecular weight excluding hydrogens is 232 g/mol. The fourth-order valence-electron chi connectivity index (χ4n) is 2.10. The van der Waals surface area contributed by atoms with Crippen molar-refractivity contribution in [2.45, 2.75) is 6.04 Å². The predicted octanol–water partition coefficient (Wildman–Crippen LogP) is 0.806. The lowest BCUT2D eigenvalue weighted by molar-refractivity contribution is -0.134. The molecule has 0 aromatic heterocycles. The third-order valence-electron chi connectivity index (χ3n) is 3.17. The van der Waals surface area contributed by atoms with Crippen molar-refractivity contribution in [3.63, 3.8) is 0 Å². The molecule has 1 fully saturated rings. The number of methoxy groups -OCH3 is 2. The highest BCUT2D eigenvalue weighted by Crippen LogP contribution is 2.31. The maximum Gasteiger partial charge on any atom is 0.244 e. The molecule has 1 saturated heterocycles. The lowest BCUT2D eigenvalue weighted by Crippen LogP contribution is -2.48. The van der Waals surface area contributed by atoms with Gasteiger partial charge in [0.2, 0.25) is 5.91 Å². The van der Waals surface area contributed by atoms with Gasteiger partial charge in [0.25, 0.3) is 0 Å². The summed E-state index contributed by atoms with van der Waals surface area (Å²) < 4.78 is 10.5. The highest BCUT2D eigenvalue weighted by Gasteiger charge is 2.29. The SMILES string of the molecule is COc1ccc(OC)c(C2NCCN(C)C2=O)c1. The van der Waals surface area contributed by atoms with Gasteiger partial charge in [-0.2, -0.15) is 0 Å². The quantitative estimate of drug-likeness (QED) is 0.862. The number of carbonyl (C=O) groups is 1. The number of amides is 1. The molecule has 1 aromatic carbocycles. The zero-order chi connectivity index (χ0) is 13.1. The molecule has 0 radical (unpaired) electrons. The molecular formula is C13H18N2O3. The Hall–Kier alpha value is -1.75.